The predicted molar refractivity (Wildman–Crippen MR) is 103 cm³/mol. The van der Waals surface area contributed by atoms with E-state index in [0.717, 1.165) is 18.8 Å². The van der Waals surface area contributed by atoms with Crippen molar-refractivity contribution < 1.29 is 9.53 Å². The Kier molecular flexibility index (Phi) is 6.47. The number of likely N-dealkylation sites (tertiary alicyclic amines) is 1. The van der Waals surface area contributed by atoms with Crippen molar-refractivity contribution >= 4 is 17.5 Å². The lowest BCUT2D eigenvalue weighted by molar-refractivity contribution is 0.0924. The molecule has 0 aliphatic carbocycles. The van der Waals surface area contributed by atoms with E-state index in [0.29, 0.717) is 17.3 Å². The average molecular weight is 374 g/mol. The van der Waals surface area contributed by atoms with E-state index >= 15 is 0 Å². The zero-order chi connectivity index (χ0) is 18.4. The molecule has 1 aliphatic heterocycles. The highest BCUT2D eigenvalue weighted by Gasteiger charge is 2.23. The lowest BCUT2D eigenvalue weighted by Gasteiger charge is -2.35. The van der Waals surface area contributed by atoms with Crippen LogP contribution in [-0.4, -0.2) is 42.5 Å². The van der Waals surface area contributed by atoms with E-state index in [-0.39, 0.29) is 11.9 Å². The molecule has 1 aliphatic rings. The molecule has 1 saturated heterocycles. The Morgan fingerprint density at radius 1 is 1.23 bits per heavy atom. The highest BCUT2D eigenvalue weighted by atomic mass is 35.5. The van der Waals surface area contributed by atoms with Crippen LogP contribution in [0.5, 0.6) is 5.75 Å². The lowest BCUT2D eigenvalue weighted by atomic mass is 10.0. The van der Waals surface area contributed by atoms with Gasteiger partial charge in [-0.05, 0) is 55.8 Å². The van der Waals surface area contributed by atoms with Crippen molar-refractivity contribution in [1.82, 2.24) is 15.2 Å². The Hall–Kier alpha value is -2.11. The lowest BCUT2D eigenvalue weighted by Crippen LogP contribution is -2.40. The van der Waals surface area contributed by atoms with Gasteiger partial charge in [0.1, 0.15) is 10.9 Å². The second kappa shape index (κ2) is 9.01. The van der Waals surface area contributed by atoms with Crippen LogP contribution in [0.25, 0.3) is 0 Å². The normalized spacial score (nSPS) is 16.1. The number of piperidine rings is 1. The molecule has 1 unspecified atom stereocenters. The molecule has 0 bridgehead atoms. The number of carbonyl (C=O) groups is 1. The van der Waals surface area contributed by atoms with Gasteiger partial charge in [-0.15, -0.1) is 0 Å². The van der Waals surface area contributed by atoms with Crippen molar-refractivity contribution in [3.8, 4) is 5.75 Å². The maximum Gasteiger partial charge on any atom is 0.251 e. The van der Waals surface area contributed by atoms with Crippen molar-refractivity contribution in [2.45, 2.75) is 25.3 Å². The van der Waals surface area contributed by atoms with E-state index < -0.39 is 0 Å². The van der Waals surface area contributed by atoms with Crippen LogP contribution in [0.4, 0.5) is 0 Å². The van der Waals surface area contributed by atoms with Crippen molar-refractivity contribution in [2.24, 2.45) is 0 Å². The third kappa shape index (κ3) is 4.74. The summed E-state index contributed by atoms with van der Waals surface area (Å²) in [5.74, 6) is 0.700. The van der Waals surface area contributed by atoms with E-state index in [9.17, 15) is 4.79 Å². The Bertz CT molecular complexity index is 730. The smallest absolute Gasteiger partial charge is 0.251 e. The fraction of sp³-hybridized carbons (Fsp3) is 0.400. The first kappa shape index (κ1) is 18.7. The van der Waals surface area contributed by atoms with Gasteiger partial charge in [0.2, 0.25) is 0 Å². The Morgan fingerprint density at radius 3 is 2.62 bits per heavy atom. The van der Waals surface area contributed by atoms with E-state index in [1.807, 2.05) is 12.1 Å². The molecule has 0 saturated carbocycles. The number of methoxy groups -OCH3 is 1. The minimum absolute atomic E-state index is 0.134. The molecule has 1 fully saturated rings. The summed E-state index contributed by atoms with van der Waals surface area (Å²) in [6.45, 7) is 2.65. The van der Waals surface area contributed by atoms with Gasteiger partial charge in [0.25, 0.3) is 5.91 Å². The SMILES string of the molecule is COc1ccc(C(CNC(=O)c2ccnc(Cl)c2)N2CCCCC2)cc1. The minimum Gasteiger partial charge on any atom is -0.497 e. The largest absolute Gasteiger partial charge is 0.497 e. The number of rotatable bonds is 6. The highest BCUT2D eigenvalue weighted by molar-refractivity contribution is 6.29. The molecular weight excluding hydrogens is 350 g/mol. The topological polar surface area (TPSA) is 54.5 Å². The number of benzene rings is 1. The number of hydrogen-bond donors (Lipinski definition) is 1. The first-order valence-corrected chi connectivity index (χ1v) is 9.33. The molecule has 1 atom stereocenters. The maximum atomic E-state index is 12.5. The molecule has 2 heterocycles. The molecule has 2 aromatic rings. The van der Waals surface area contributed by atoms with Crippen LogP contribution in [0.2, 0.25) is 5.15 Å². The zero-order valence-electron chi connectivity index (χ0n) is 15.0. The first-order valence-electron chi connectivity index (χ1n) is 8.95. The van der Waals surface area contributed by atoms with Crippen LogP contribution >= 0.6 is 11.6 Å². The second-order valence-electron chi connectivity index (χ2n) is 6.46. The molecule has 0 radical (unpaired) electrons. The summed E-state index contributed by atoms with van der Waals surface area (Å²) in [5.41, 5.74) is 1.71. The van der Waals surface area contributed by atoms with Crippen molar-refractivity contribution in [2.75, 3.05) is 26.7 Å². The Balaban J connectivity index is 1.73. The number of nitrogens with one attached hydrogen (secondary N) is 1. The van der Waals surface area contributed by atoms with Gasteiger partial charge in [-0.3, -0.25) is 9.69 Å². The minimum atomic E-state index is -0.134. The summed E-state index contributed by atoms with van der Waals surface area (Å²) in [5, 5.41) is 3.37. The summed E-state index contributed by atoms with van der Waals surface area (Å²) in [6.07, 6.45) is 5.21. The molecule has 1 aromatic carbocycles. The van der Waals surface area contributed by atoms with Gasteiger partial charge in [-0.1, -0.05) is 30.2 Å². The first-order chi connectivity index (χ1) is 12.7. The number of nitrogens with zero attached hydrogens (tertiary/aromatic N) is 2. The van der Waals surface area contributed by atoms with Crippen molar-refractivity contribution in [1.29, 1.82) is 0 Å². The molecule has 1 amide bonds. The van der Waals surface area contributed by atoms with Gasteiger partial charge in [0, 0.05) is 18.3 Å². The van der Waals surface area contributed by atoms with E-state index in [1.54, 1.807) is 25.4 Å². The number of aromatic nitrogens is 1. The second-order valence-corrected chi connectivity index (χ2v) is 6.85. The number of pyridine rings is 1. The Morgan fingerprint density at radius 2 is 1.96 bits per heavy atom. The molecule has 3 rings (SSSR count). The molecule has 5 nitrogen and oxygen atoms in total. The standard InChI is InChI=1S/C20H24ClN3O2/c1-26-17-7-5-15(6-8-17)18(24-11-3-2-4-12-24)14-23-20(25)16-9-10-22-19(21)13-16/h5-10,13,18H,2-4,11-12,14H2,1H3,(H,23,25). The van der Waals surface area contributed by atoms with E-state index in [2.05, 4.69) is 27.3 Å². The molecule has 1 N–H and O–H groups in total. The van der Waals surface area contributed by atoms with Crippen LogP contribution in [-0.2, 0) is 0 Å². The molecular formula is C20H24ClN3O2. The van der Waals surface area contributed by atoms with Crippen LogP contribution in [0.1, 0.15) is 41.2 Å². The van der Waals surface area contributed by atoms with Crippen LogP contribution < -0.4 is 10.1 Å². The van der Waals surface area contributed by atoms with Gasteiger partial charge in [0.15, 0.2) is 0 Å². The number of ether oxygens (including phenoxy) is 1. The number of halogens is 1. The zero-order valence-corrected chi connectivity index (χ0v) is 15.7. The van der Waals surface area contributed by atoms with Gasteiger partial charge in [0.05, 0.1) is 13.2 Å². The van der Waals surface area contributed by atoms with Gasteiger partial charge < -0.3 is 10.1 Å². The number of carbonyl (C=O) groups excluding carboxylic acids is 1. The predicted octanol–water partition coefficient (Wildman–Crippen LogP) is 3.70. The molecule has 6 heteroatoms. The number of hydrogen-bond acceptors (Lipinski definition) is 4. The van der Waals surface area contributed by atoms with E-state index in [1.165, 1.54) is 24.8 Å². The molecule has 1 aromatic heterocycles. The Labute approximate surface area is 159 Å². The van der Waals surface area contributed by atoms with Crippen molar-refractivity contribution in [3.05, 3.63) is 58.9 Å². The summed E-state index contributed by atoms with van der Waals surface area (Å²) in [7, 11) is 1.66. The number of amides is 1. The quantitative estimate of drug-likeness (QED) is 0.784. The summed E-state index contributed by atoms with van der Waals surface area (Å²) >= 11 is 5.89. The van der Waals surface area contributed by atoms with Gasteiger partial charge in [-0.2, -0.15) is 0 Å². The third-order valence-corrected chi connectivity index (χ3v) is 4.98. The van der Waals surface area contributed by atoms with Gasteiger partial charge in [-0.25, -0.2) is 4.98 Å². The van der Waals surface area contributed by atoms with Crippen LogP contribution in [0.15, 0.2) is 42.6 Å². The van der Waals surface area contributed by atoms with Crippen LogP contribution in [0.3, 0.4) is 0 Å². The van der Waals surface area contributed by atoms with E-state index in [4.69, 9.17) is 16.3 Å². The fourth-order valence-electron chi connectivity index (χ4n) is 3.35. The average Bonchev–Trinajstić information content (AvgIpc) is 2.69. The summed E-state index contributed by atoms with van der Waals surface area (Å²) < 4.78 is 5.26. The third-order valence-electron chi connectivity index (χ3n) is 4.78. The maximum absolute atomic E-state index is 12.5. The molecule has 138 valence electrons. The fourth-order valence-corrected chi connectivity index (χ4v) is 3.52. The molecule has 26 heavy (non-hydrogen) atoms. The van der Waals surface area contributed by atoms with Gasteiger partial charge >= 0.3 is 0 Å². The van der Waals surface area contributed by atoms with Crippen molar-refractivity contribution in [3.63, 3.8) is 0 Å². The molecule has 0 spiro atoms. The van der Waals surface area contributed by atoms with Crippen LogP contribution in [0, 0.1) is 0 Å². The summed E-state index contributed by atoms with van der Waals surface area (Å²) in [6, 6.07) is 11.5. The monoisotopic (exact) mass is 373 g/mol. The summed E-state index contributed by atoms with van der Waals surface area (Å²) in [4.78, 5) is 18.8. The highest BCUT2D eigenvalue weighted by Crippen LogP contribution is 2.26.